The molecule has 0 bridgehead atoms. The van der Waals surface area contributed by atoms with Crippen LogP contribution < -0.4 is 0 Å². The number of aliphatic hydroxyl groups is 1. The van der Waals surface area contributed by atoms with Gasteiger partial charge in [-0.2, -0.15) is 0 Å². The summed E-state index contributed by atoms with van der Waals surface area (Å²) < 4.78 is 50.5. The van der Waals surface area contributed by atoms with Crippen molar-refractivity contribution >= 4 is 10.0 Å². The van der Waals surface area contributed by atoms with Gasteiger partial charge in [0.25, 0.3) is 0 Å². The van der Waals surface area contributed by atoms with E-state index in [1.807, 2.05) is 0 Å². The smallest absolute Gasteiger partial charge is 0.213 e. The largest absolute Gasteiger partial charge is 0.387 e. The first-order valence-corrected chi connectivity index (χ1v) is 6.96. The molecule has 0 aromatic heterocycles. The van der Waals surface area contributed by atoms with Crippen LogP contribution in [0.2, 0.25) is 0 Å². The number of halogens is 2. The maximum atomic E-state index is 13.4. The van der Waals surface area contributed by atoms with E-state index in [-0.39, 0.29) is 5.75 Å². The second-order valence-electron chi connectivity index (χ2n) is 3.83. The van der Waals surface area contributed by atoms with Gasteiger partial charge in [0, 0.05) is 13.6 Å². The van der Waals surface area contributed by atoms with Gasteiger partial charge in [-0.3, -0.25) is 0 Å². The molecule has 1 aromatic carbocycles. The lowest BCUT2D eigenvalue weighted by molar-refractivity contribution is 0.146. The maximum absolute atomic E-state index is 13.4. The standard InChI is InChI=1S/C11H15F2NO3S/c1-3-18(16,17)14(2)7-10(15)11-8(12)5-4-6-9(11)13/h4-6,10,15H,3,7H2,1-2H3. The summed E-state index contributed by atoms with van der Waals surface area (Å²) in [6, 6.07) is 3.19. The highest BCUT2D eigenvalue weighted by Crippen LogP contribution is 2.21. The minimum atomic E-state index is -3.50. The molecule has 0 spiro atoms. The van der Waals surface area contributed by atoms with E-state index in [1.165, 1.54) is 20.0 Å². The fourth-order valence-corrected chi connectivity index (χ4v) is 2.31. The molecular formula is C11H15F2NO3S. The first-order valence-electron chi connectivity index (χ1n) is 5.35. The Balaban J connectivity index is 2.93. The fourth-order valence-electron chi connectivity index (χ4n) is 1.50. The Hall–Kier alpha value is -1.05. The molecule has 18 heavy (non-hydrogen) atoms. The van der Waals surface area contributed by atoms with Crippen molar-refractivity contribution in [2.45, 2.75) is 13.0 Å². The van der Waals surface area contributed by atoms with Gasteiger partial charge in [0.05, 0.1) is 17.4 Å². The van der Waals surface area contributed by atoms with Crippen LogP contribution in [0.5, 0.6) is 0 Å². The quantitative estimate of drug-likeness (QED) is 0.883. The number of hydrogen-bond donors (Lipinski definition) is 1. The molecule has 102 valence electrons. The lowest BCUT2D eigenvalue weighted by Gasteiger charge is -2.20. The molecule has 0 fully saturated rings. The molecule has 4 nitrogen and oxygen atoms in total. The number of aliphatic hydroxyl groups excluding tert-OH is 1. The third kappa shape index (κ3) is 3.24. The van der Waals surface area contributed by atoms with Crippen LogP contribution >= 0.6 is 0 Å². The van der Waals surface area contributed by atoms with Crippen LogP contribution in [0.3, 0.4) is 0 Å². The Morgan fingerprint density at radius 2 is 1.83 bits per heavy atom. The van der Waals surface area contributed by atoms with Crippen LogP contribution in [0.15, 0.2) is 18.2 Å². The molecule has 0 radical (unpaired) electrons. The third-order valence-corrected chi connectivity index (χ3v) is 4.43. The Morgan fingerprint density at radius 1 is 1.33 bits per heavy atom. The van der Waals surface area contributed by atoms with Gasteiger partial charge in [-0.05, 0) is 19.1 Å². The average Bonchev–Trinajstić information content (AvgIpc) is 2.28. The maximum Gasteiger partial charge on any atom is 0.213 e. The number of sulfonamides is 1. The zero-order valence-electron chi connectivity index (χ0n) is 10.1. The van der Waals surface area contributed by atoms with E-state index in [0.29, 0.717) is 0 Å². The Kier molecular flexibility index (Phi) is 4.78. The molecule has 1 unspecified atom stereocenters. The van der Waals surface area contributed by atoms with E-state index in [9.17, 15) is 22.3 Å². The highest BCUT2D eigenvalue weighted by Gasteiger charge is 2.23. The molecule has 1 aromatic rings. The molecule has 0 saturated heterocycles. The summed E-state index contributed by atoms with van der Waals surface area (Å²) in [6.07, 6.45) is -1.54. The summed E-state index contributed by atoms with van der Waals surface area (Å²) >= 11 is 0. The number of likely N-dealkylation sites (N-methyl/N-ethyl adjacent to an activating group) is 1. The van der Waals surface area contributed by atoms with Crippen LogP contribution in [0.25, 0.3) is 0 Å². The summed E-state index contributed by atoms with van der Waals surface area (Å²) in [6.45, 7) is 1.05. The van der Waals surface area contributed by atoms with E-state index in [1.54, 1.807) is 0 Å². The van der Waals surface area contributed by atoms with Crippen LogP contribution in [0.1, 0.15) is 18.6 Å². The molecule has 1 rings (SSSR count). The SMILES string of the molecule is CCS(=O)(=O)N(C)CC(O)c1c(F)cccc1F. The molecule has 7 heteroatoms. The molecule has 0 aliphatic heterocycles. The van der Waals surface area contributed by atoms with Gasteiger partial charge in [0.15, 0.2) is 0 Å². The van der Waals surface area contributed by atoms with E-state index in [2.05, 4.69) is 0 Å². The third-order valence-electron chi connectivity index (χ3n) is 2.60. The molecule has 1 atom stereocenters. The predicted octanol–water partition coefficient (Wildman–Crippen LogP) is 1.28. The number of rotatable bonds is 5. The Morgan fingerprint density at radius 3 is 2.28 bits per heavy atom. The fraction of sp³-hybridized carbons (Fsp3) is 0.455. The lowest BCUT2D eigenvalue weighted by Crippen LogP contribution is -2.32. The van der Waals surface area contributed by atoms with Crippen molar-refractivity contribution in [3.05, 3.63) is 35.4 Å². The molecular weight excluding hydrogens is 264 g/mol. The van der Waals surface area contributed by atoms with E-state index in [0.717, 1.165) is 16.4 Å². The molecule has 0 aliphatic rings. The molecule has 1 N–H and O–H groups in total. The number of nitrogens with zero attached hydrogens (tertiary/aromatic N) is 1. The van der Waals surface area contributed by atoms with Gasteiger partial charge in [-0.25, -0.2) is 21.5 Å². The molecule has 0 heterocycles. The van der Waals surface area contributed by atoms with E-state index < -0.39 is 39.9 Å². The van der Waals surface area contributed by atoms with Crippen LogP contribution in [0, 0.1) is 11.6 Å². The van der Waals surface area contributed by atoms with E-state index in [4.69, 9.17) is 0 Å². The summed E-state index contributed by atoms with van der Waals surface area (Å²) in [4.78, 5) is 0. The highest BCUT2D eigenvalue weighted by molar-refractivity contribution is 7.89. The van der Waals surface area contributed by atoms with Crippen molar-refractivity contribution in [1.82, 2.24) is 4.31 Å². The number of benzene rings is 1. The van der Waals surface area contributed by atoms with E-state index >= 15 is 0 Å². The lowest BCUT2D eigenvalue weighted by atomic mass is 10.1. The van der Waals surface area contributed by atoms with Gasteiger partial charge in [-0.15, -0.1) is 0 Å². The topological polar surface area (TPSA) is 57.6 Å². The second-order valence-corrected chi connectivity index (χ2v) is 6.20. The van der Waals surface area contributed by atoms with Crippen molar-refractivity contribution < 1.29 is 22.3 Å². The predicted molar refractivity (Wildman–Crippen MR) is 63.4 cm³/mol. The van der Waals surface area contributed by atoms with Crippen LogP contribution in [0.4, 0.5) is 8.78 Å². The van der Waals surface area contributed by atoms with Crippen molar-refractivity contribution in [2.24, 2.45) is 0 Å². The molecule has 0 amide bonds. The van der Waals surface area contributed by atoms with Crippen molar-refractivity contribution in [3.8, 4) is 0 Å². The van der Waals surface area contributed by atoms with Crippen LogP contribution in [-0.2, 0) is 10.0 Å². The van der Waals surface area contributed by atoms with Crippen molar-refractivity contribution in [2.75, 3.05) is 19.3 Å². The zero-order chi connectivity index (χ0) is 13.9. The molecule has 0 saturated carbocycles. The Bertz CT molecular complexity index is 499. The monoisotopic (exact) mass is 279 g/mol. The average molecular weight is 279 g/mol. The van der Waals surface area contributed by atoms with Crippen molar-refractivity contribution in [3.63, 3.8) is 0 Å². The summed E-state index contributed by atoms with van der Waals surface area (Å²) in [5.41, 5.74) is -0.518. The van der Waals surface area contributed by atoms with Crippen LogP contribution in [-0.4, -0.2) is 37.2 Å². The number of hydrogen-bond acceptors (Lipinski definition) is 3. The summed E-state index contributed by atoms with van der Waals surface area (Å²) in [5, 5.41) is 9.73. The summed E-state index contributed by atoms with van der Waals surface area (Å²) in [7, 11) is -2.25. The van der Waals surface area contributed by atoms with Gasteiger partial charge < -0.3 is 5.11 Å². The summed E-state index contributed by atoms with van der Waals surface area (Å²) in [5.74, 6) is -1.94. The molecule has 0 aliphatic carbocycles. The minimum Gasteiger partial charge on any atom is -0.387 e. The van der Waals surface area contributed by atoms with Crippen molar-refractivity contribution in [1.29, 1.82) is 0 Å². The Labute approximate surface area is 105 Å². The van der Waals surface area contributed by atoms with Gasteiger partial charge in [0.1, 0.15) is 11.6 Å². The first kappa shape index (κ1) is 15.0. The normalized spacial score (nSPS) is 13.9. The van der Waals surface area contributed by atoms with Gasteiger partial charge in [0.2, 0.25) is 10.0 Å². The van der Waals surface area contributed by atoms with Gasteiger partial charge >= 0.3 is 0 Å². The second kappa shape index (κ2) is 5.73. The minimum absolute atomic E-state index is 0.143. The first-order chi connectivity index (χ1) is 8.29. The highest BCUT2D eigenvalue weighted by atomic mass is 32.2. The zero-order valence-corrected chi connectivity index (χ0v) is 10.9. The van der Waals surface area contributed by atoms with Gasteiger partial charge in [-0.1, -0.05) is 6.07 Å².